The molecule has 0 radical (unpaired) electrons. The van der Waals surface area contributed by atoms with Crippen LogP contribution in [0.1, 0.15) is 43.8 Å². The van der Waals surface area contributed by atoms with Gasteiger partial charge in [-0.3, -0.25) is 14.5 Å². The molecule has 2 fully saturated rings. The average molecular weight is 425 g/mol. The van der Waals surface area contributed by atoms with Crippen molar-refractivity contribution in [2.45, 2.75) is 45.1 Å². The number of hydrogen-bond acceptors (Lipinski definition) is 7. The van der Waals surface area contributed by atoms with Crippen molar-refractivity contribution in [3.05, 3.63) is 28.2 Å². The van der Waals surface area contributed by atoms with Crippen LogP contribution in [0.5, 0.6) is 5.88 Å². The number of fused-ring (bicyclic) bond motifs is 1. The Kier molecular flexibility index (Phi) is 5.35. The lowest BCUT2D eigenvalue weighted by molar-refractivity contribution is 0.122. The Labute approximate surface area is 180 Å². The highest BCUT2D eigenvalue weighted by Gasteiger charge is 2.26. The molecule has 0 unspecified atom stereocenters. The van der Waals surface area contributed by atoms with Crippen molar-refractivity contribution in [2.24, 2.45) is 0 Å². The van der Waals surface area contributed by atoms with Gasteiger partial charge in [0.25, 0.3) is 5.56 Å². The predicted octanol–water partition coefficient (Wildman–Crippen LogP) is 2.84. The average Bonchev–Trinajstić information content (AvgIpc) is 3.20. The van der Waals surface area contributed by atoms with Gasteiger partial charge in [-0.25, -0.2) is 4.98 Å². The molecule has 3 aromatic rings. The summed E-state index contributed by atoms with van der Waals surface area (Å²) in [5.41, 5.74) is 2.40. The van der Waals surface area contributed by atoms with Crippen molar-refractivity contribution >= 4 is 16.9 Å². The second kappa shape index (κ2) is 8.30. The molecule has 164 valence electrons. The highest BCUT2D eigenvalue weighted by molar-refractivity contribution is 5.79. The quantitative estimate of drug-likeness (QED) is 0.688. The van der Waals surface area contributed by atoms with Gasteiger partial charge < -0.3 is 14.4 Å². The highest BCUT2D eigenvalue weighted by Crippen LogP contribution is 2.35. The minimum Gasteiger partial charge on any atom is -0.480 e. The van der Waals surface area contributed by atoms with E-state index in [1.54, 1.807) is 7.11 Å². The van der Waals surface area contributed by atoms with E-state index in [1.165, 1.54) is 6.42 Å². The summed E-state index contributed by atoms with van der Waals surface area (Å²) in [6.45, 7) is 4.84. The maximum atomic E-state index is 13.5. The molecular formula is C22H28N6O3. The number of rotatable bonds is 4. The Balaban J connectivity index is 1.68. The molecule has 1 N–H and O–H groups in total. The standard InChI is InChI=1S/C22H28N6O3/c1-14-18-19(26-25-14)22(29)28(15-6-4-3-5-7-15)20(24-18)16-8-9-17(23-21(16)30-2)27-10-12-31-13-11-27/h8-9,15H,3-7,10-13H2,1-2H3,(H,25,26). The topological polar surface area (TPSA) is 98.2 Å². The highest BCUT2D eigenvalue weighted by atomic mass is 16.5. The molecule has 0 amide bonds. The van der Waals surface area contributed by atoms with Gasteiger partial charge in [-0.05, 0) is 31.9 Å². The lowest BCUT2D eigenvalue weighted by Gasteiger charge is -2.29. The van der Waals surface area contributed by atoms with E-state index in [-0.39, 0.29) is 11.6 Å². The zero-order valence-electron chi connectivity index (χ0n) is 18.1. The summed E-state index contributed by atoms with van der Waals surface area (Å²) in [5.74, 6) is 1.92. The van der Waals surface area contributed by atoms with E-state index in [9.17, 15) is 4.79 Å². The molecule has 9 nitrogen and oxygen atoms in total. The number of nitrogens with zero attached hydrogens (tertiary/aromatic N) is 5. The summed E-state index contributed by atoms with van der Waals surface area (Å²) in [7, 11) is 1.61. The molecule has 0 atom stereocenters. The SMILES string of the molecule is COc1nc(N2CCOCC2)ccc1-c1nc2c(C)[nH]nc2c(=O)n1C1CCCCC1. The van der Waals surface area contributed by atoms with Gasteiger partial charge in [-0.1, -0.05) is 19.3 Å². The second-order valence-corrected chi connectivity index (χ2v) is 8.27. The zero-order chi connectivity index (χ0) is 21.4. The van der Waals surface area contributed by atoms with E-state index in [2.05, 4.69) is 15.1 Å². The van der Waals surface area contributed by atoms with E-state index in [1.807, 2.05) is 23.6 Å². The van der Waals surface area contributed by atoms with Gasteiger partial charge in [0, 0.05) is 19.1 Å². The first-order valence-electron chi connectivity index (χ1n) is 11.0. The van der Waals surface area contributed by atoms with Gasteiger partial charge in [-0.15, -0.1) is 0 Å². The number of H-pyrrole nitrogens is 1. The Morgan fingerprint density at radius 3 is 2.61 bits per heavy atom. The summed E-state index contributed by atoms with van der Waals surface area (Å²) in [6.07, 6.45) is 5.35. The molecule has 31 heavy (non-hydrogen) atoms. The Hall–Kier alpha value is -2.94. The van der Waals surface area contributed by atoms with E-state index >= 15 is 0 Å². The van der Waals surface area contributed by atoms with Crippen molar-refractivity contribution < 1.29 is 9.47 Å². The molecular weight excluding hydrogens is 396 g/mol. The number of methoxy groups -OCH3 is 1. The maximum absolute atomic E-state index is 13.5. The second-order valence-electron chi connectivity index (χ2n) is 8.27. The van der Waals surface area contributed by atoms with Crippen molar-refractivity contribution in [1.29, 1.82) is 0 Å². The van der Waals surface area contributed by atoms with Gasteiger partial charge in [0.05, 0.1) is 31.6 Å². The summed E-state index contributed by atoms with van der Waals surface area (Å²) >= 11 is 0. The third-order valence-electron chi connectivity index (χ3n) is 6.34. The van der Waals surface area contributed by atoms with Crippen LogP contribution in [0.15, 0.2) is 16.9 Å². The van der Waals surface area contributed by atoms with E-state index in [0.717, 1.165) is 55.8 Å². The molecule has 3 aromatic heterocycles. The fraction of sp³-hybridized carbons (Fsp3) is 0.545. The molecule has 9 heteroatoms. The van der Waals surface area contributed by atoms with Crippen LogP contribution in [-0.4, -0.2) is 58.1 Å². The molecule has 0 aromatic carbocycles. The van der Waals surface area contributed by atoms with E-state index in [4.69, 9.17) is 19.4 Å². The lowest BCUT2D eigenvalue weighted by atomic mass is 9.95. The molecule has 1 saturated carbocycles. The first-order valence-corrected chi connectivity index (χ1v) is 11.0. The molecule has 1 saturated heterocycles. The van der Waals surface area contributed by atoms with Crippen LogP contribution in [0.2, 0.25) is 0 Å². The first-order chi connectivity index (χ1) is 15.2. The van der Waals surface area contributed by atoms with Crippen LogP contribution >= 0.6 is 0 Å². The van der Waals surface area contributed by atoms with Crippen molar-refractivity contribution in [3.63, 3.8) is 0 Å². The van der Waals surface area contributed by atoms with Gasteiger partial charge in [0.2, 0.25) is 5.88 Å². The molecule has 1 aliphatic carbocycles. The van der Waals surface area contributed by atoms with Crippen LogP contribution in [0.3, 0.4) is 0 Å². The Morgan fingerprint density at radius 2 is 1.87 bits per heavy atom. The number of nitrogens with one attached hydrogen (secondary N) is 1. The monoisotopic (exact) mass is 424 g/mol. The lowest BCUT2D eigenvalue weighted by Crippen LogP contribution is -2.36. The third-order valence-corrected chi connectivity index (χ3v) is 6.34. The van der Waals surface area contributed by atoms with Crippen molar-refractivity contribution in [1.82, 2.24) is 24.7 Å². The fourth-order valence-electron chi connectivity index (χ4n) is 4.67. The normalized spacial score (nSPS) is 17.9. The van der Waals surface area contributed by atoms with Gasteiger partial charge in [0.15, 0.2) is 5.52 Å². The minimum absolute atomic E-state index is 0.101. The Morgan fingerprint density at radius 1 is 1.10 bits per heavy atom. The fourth-order valence-corrected chi connectivity index (χ4v) is 4.67. The Bertz CT molecular complexity index is 1140. The minimum atomic E-state index is -0.101. The van der Waals surface area contributed by atoms with Crippen LogP contribution in [0, 0.1) is 6.92 Å². The van der Waals surface area contributed by atoms with Crippen LogP contribution in [0.25, 0.3) is 22.4 Å². The van der Waals surface area contributed by atoms with E-state index in [0.29, 0.717) is 36.0 Å². The van der Waals surface area contributed by atoms with Crippen molar-refractivity contribution in [2.75, 3.05) is 38.3 Å². The molecule has 0 bridgehead atoms. The number of pyridine rings is 1. The van der Waals surface area contributed by atoms with E-state index < -0.39 is 0 Å². The first kappa shape index (κ1) is 20.0. The molecule has 4 heterocycles. The van der Waals surface area contributed by atoms with Crippen LogP contribution in [0.4, 0.5) is 5.82 Å². The van der Waals surface area contributed by atoms with Gasteiger partial charge >= 0.3 is 0 Å². The zero-order valence-corrected chi connectivity index (χ0v) is 18.1. The molecule has 0 spiro atoms. The molecule has 5 rings (SSSR count). The number of hydrogen-bond donors (Lipinski definition) is 1. The summed E-state index contributed by atoms with van der Waals surface area (Å²) in [4.78, 5) is 25.4. The number of morpholine rings is 1. The summed E-state index contributed by atoms with van der Waals surface area (Å²) in [6, 6.07) is 4.06. The summed E-state index contributed by atoms with van der Waals surface area (Å²) < 4.78 is 13.0. The number of aromatic nitrogens is 5. The largest absolute Gasteiger partial charge is 0.480 e. The maximum Gasteiger partial charge on any atom is 0.282 e. The van der Waals surface area contributed by atoms with Crippen LogP contribution < -0.4 is 15.2 Å². The summed E-state index contributed by atoms with van der Waals surface area (Å²) in [5, 5.41) is 7.16. The smallest absolute Gasteiger partial charge is 0.282 e. The number of anilines is 1. The number of aryl methyl sites for hydroxylation is 1. The van der Waals surface area contributed by atoms with Gasteiger partial charge in [-0.2, -0.15) is 10.1 Å². The van der Waals surface area contributed by atoms with Crippen LogP contribution in [-0.2, 0) is 4.74 Å². The van der Waals surface area contributed by atoms with Crippen molar-refractivity contribution in [3.8, 4) is 17.3 Å². The number of aromatic amines is 1. The third kappa shape index (κ3) is 3.56. The number of ether oxygens (including phenoxy) is 2. The molecule has 1 aliphatic heterocycles. The predicted molar refractivity (Wildman–Crippen MR) is 118 cm³/mol. The molecule has 2 aliphatic rings. The van der Waals surface area contributed by atoms with Gasteiger partial charge in [0.1, 0.15) is 17.2 Å².